The summed E-state index contributed by atoms with van der Waals surface area (Å²) >= 11 is 0. The smallest absolute Gasteiger partial charge is 0.319 e. The van der Waals surface area contributed by atoms with E-state index in [0.29, 0.717) is 11.3 Å². The number of carbonyl (C=O) groups is 2. The third-order valence-electron chi connectivity index (χ3n) is 4.11. The van der Waals surface area contributed by atoms with E-state index in [1.807, 2.05) is 19.4 Å². The molecule has 3 rings (SSSR count). The van der Waals surface area contributed by atoms with E-state index in [0.717, 1.165) is 25.2 Å². The first-order chi connectivity index (χ1) is 11.5. The fourth-order valence-corrected chi connectivity index (χ4v) is 2.85. The van der Waals surface area contributed by atoms with Gasteiger partial charge in [-0.25, -0.2) is 4.79 Å². The molecule has 7 nitrogen and oxygen atoms in total. The highest BCUT2D eigenvalue weighted by molar-refractivity contribution is 5.96. The van der Waals surface area contributed by atoms with E-state index < -0.39 is 0 Å². The minimum atomic E-state index is -0.256. The van der Waals surface area contributed by atoms with Gasteiger partial charge in [0.1, 0.15) is 0 Å². The number of benzene rings is 1. The zero-order valence-corrected chi connectivity index (χ0v) is 13.8. The largest absolute Gasteiger partial charge is 0.367 e. The number of aryl methyl sites for hydroxylation is 1. The average molecular weight is 327 g/mol. The predicted molar refractivity (Wildman–Crippen MR) is 92.4 cm³/mol. The van der Waals surface area contributed by atoms with Gasteiger partial charge in [-0.2, -0.15) is 5.10 Å². The number of hydrogen-bond acceptors (Lipinski definition) is 4. The van der Waals surface area contributed by atoms with Crippen LogP contribution in [0.3, 0.4) is 0 Å². The molecule has 24 heavy (non-hydrogen) atoms. The minimum absolute atomic E-state index is 0.0260. The molecule has 0 bridgehead atoms. The molecule has 0 spiro atoms. The fraction of sp³-hybridized carbons (Fsp3) is 0.353. The summed E-state index contributed by atoms with van der Waals surface area (Å²) in [6.07, 6.45) is 4.68. The Hall–Kier alpha value is -2.83. The molecule has 2 amide bonds. The molecule has 2 N–H and O–H groups in total. The van der Waals surface area contributed by atoms with E-state index in [4.69, 9.17) is 0 Å². The fourth-order valence-electron chi connectivity index (χ4n) is 2.85. The van der Waals surface area contributed by atoms with Crippen molar-refractivity contribution in [3.63, 3.8) is 0 Å². The van der Waals surface area contributed by atoms with Crippen molar-refractivity contribution in [2.45, 2.75) is 19.4 Å². The van der Waals surface area contributed by atoms with Crippen LogP contribution in [0.2, 0.25) is 0 Å². The van der Waals surface area contributed by atoms with Gasteiger partial charge in [-0.1, -0.05) is 12.1 Å². The van der Waals surface area contributed by atoms with Gasteiger partial charge in [0.05, 0.1) is 11.9 Å². The second-order valence-corrected chi connectivity index (χ2v) is 6.04. The SMILES string of the molecule is CC(=O)c1cccc(NC(=O)NC2CCN(c3cnn(C)c3)C2)c1. The van der Waals surface area contributed by atoms with Crippen LogP contribution in [-0.4, -0.2) is 40.7 Å². The first-order valence-corrected chi connectivity index (χ1v) is 7.93. The van der Waals surface area contributed by atoms with Crippen molar-refractivity contribution in [3.8, 4) is 0 Å². The van der Waals surface area contributed by atoms with Crippen LogP contribution in [0.5, 0.6) is 0 Å². The topological polar surface area (TPSA) is 79.3 Å². The van der Waals surface area contributed by atoms with Crippen LogP contribution >= 0.6 is 0 Å². The van der Waals surface area contributed by atoms with Gasteiger partial charge in [0.15, 0.2) is 5.78 Å². The summed E-state index contributed by atoms with van der Waals surface area (Å²) < 4.78 is 1.77. The molecule has 1 aliphatic rings. The number of urea groups is 1. The lowest BCUT2D eigenvalue weighted by Gasteiger charge is -2.17. The molecule has 0 aliphatic carbocycles. The second kappa shape index (κ2) is 6.74. The molecule has 1 unspecified atom stereocenters. The molecule has 1 fully saturated rings. The molecule has 126 valence electrons. The summed E-state index contributed by atoms with van der Waals surface area (Å²) in [6, 6.07) is 6.76. The zero-order valence-electron chi connectivity index (χ0n) is 13.8. The van der Waals surface area contributed by atoms with Crippen LogP contribution in [0.4, 0.5) is 16.2 Å². The van der Waals surface area contributed by atoms with E-state index in [-0.39, 0.29) is 17.9 Å². The van der Waals surface area contributed by atoms with Crippen LogP contribution in [-0.2, 0) is 7.05 Å². The van der Waals surface area contributed by atoms with Crippen LogP contribution in [0.1, 0.15) is 23.7 Å². The Balaban J connectivity index is 1.54. The van der Waals surface area contributed by atoms with Crippen molar-refractivity contribution in [2.24, 2.45) is 7.05 Å². The molecule has 1 saturated heterocycles. The lowest BCUT2D eigenvalue weighted by atomic mass is 10.1. The maximum atomic E-state index is 12.2. The Labute approximate surface area is 140 Å². The van der Waals surface area contributed by atoms with Crippen LogP contribution in [0.15, 0.2) is 36.7 Å². The van der Waals surface area contributed by atoms with Crippen molar-refractivity contribution in [1.82, 2.24) is 15.1 Å². The minimum Gasteiger partial charge on any atom is -0.367 e. The third-order valence-corrected chi connectivity index (χ3v) is 4.11. The molecule has 2 heterocycles. The molecular weight excluding hydrogens is 306 g/mol. The standard InChI is InChI=1S/C17H21N5O2/c1-12(23)13-4-3-5-14(8-13)19-17(24)20-15-6-7-22(10-15)16-9-18-21(2)11-16/h3-5,8-9,11,15H,6-7,10H2,1-2H3,(H2,19,20,24). The van der Waals surface area contributed by atoms with Crippen LogP contribution in [0, 0.1) is 0 Å². The van der Waals surface area contributed by atoms with Gasteiger partial charge in [-0.3, -0.25) is 9.48 Å². The Morgan fingerprint density at radius 2 is 2.17 bits per heavy atom. The number of carbonyl (C=O) groups excluding carboxylic acids is 2. The number of amides is 2. The molecule has 1 aliphatic heterocycles. The summed E-state index contributed by atoms with van der Waals surface area (Å²) in [7, 11) is 1.89. The Kier molecular flexibility index (Phi) is 4.50. The zero-order chi connectivity index (χ0) is 17.1. The van der Waals surface area contributed by atoms with E-state index >= 15 is 0 Å². The average Bonchev–Trinajstić information content (AvgIpc) is 3.16. The molecule has 0 radical (unpaired) electrons. The highest BCUT2D eigenvalue weighted by Gasteiger charge is 2.24. The number of aromatic nitrogens is 2. The van der Waals surface area contributed by atoms with Gasteiger partial charge in [0.2, 0.25) is 0 Å². The molecular formula is C17H21N5O2. The van der Waals surface area contributed by atoms with Crippen molar-refractivity contribution >= 4 is 23.2 Å². The summed E-state index contributed by atoms with van der Waals surface area (Å²) in [5.74, 6) is -0.0260. The summed E-state index contributed by atoms with van der Waals surface area (Å²) in [5.41, 5.74) is 2.26. The van der Waals surface area contributed by atoms with E-state index in [1.54, 1.807) is 28.9 Å². The number of ketones is 1. The molecule has 1 aromatic carbocycles. The predicted octanol–water partition coefficient (Wildman–Crippen LogP) is 2.02. The van der Waals surface area contributed by atoms with Crippen molar-refractivity contribution in [1.29, 1.82) is 0 Å². The molecule has 2 aromatic rings. The number of nitrogens with zero attached hydrogens (tertiary/aromatic N) is 3. The van der Waals surface area contributed by atoms with Crippen molar-refractivity contribution in [2.75, 3.05) is 23.3 Å². The monoisotopic (exact) mass is 327 g/mol. The van der Waals surface area contributed by atoms with Crippen LogP contribution < -0.4 is 15.5 Å². The normalized spacial score (nSPS) is 16.9. The summed E-state index contributed by atoms with van der Waals surface area (Å²) in [5, 5.41) is 9.94. The summed E-state index contributed by atoms with van der Waals surface area (Å²) in [4.78, 5) is 25.8. The lowest BCUT2D eigenvalue weighted by Crippen LogP contribution is -2.39. The van der Waals surface area contributed by atoms with Gasteiger partial charge in [0.25, 0.3) is 0 Å². The van der Waals surface area contributed by atoms with Gasteiger partial charge < -0.3 is 15.5 Å². The highest BCUT2D eigenvalue weighted by atomic mass is 16.2. The van der Waals surface area contributed by atoms with Gasteiger partial charge >= 0.3 is 6.03 Å². The maximum Gasteiger partial charge on any atom is 0.319 e. The number of hydrogen-bond donors (Lipinski definition) is 2. The Morgan fingerprint density at radius 3 is 2.88 bits per heavy atom. The first-order valence-electron chi connectivity index (χ1n) is 7.93. The quantitative estimate of drug-likeness (QED) is 0.842. The Morgan fingerprint density at radius 1 is 1.33 bits per heavy atom. The third kappa shape index (κ3) is 3.73. The highest BCUT2D eigenvalue weighted by Crippen LogP contribution is 2.19. The number of anilines is 2. The van der Waals surface area contributed by atoms with Gasteiger partial charge in [-0.15, -0.1) is 0 Å². The second-order valence-electron chi connectivity index (χ2n) is 6.04. The van der Waals surface area contributed by atoms with Crippen molar-refractivity contribution < 1.29 is 9.59 Å². The van der Waals surface area contributed by atoms with E-state index in [1.165, 1.54) is 6.92 Å². The maximum absolute atomic E-state index is 12.2. The molecule has 1 aromatic heterocycles. The summed E-state index contributed by atoms with van der Waals surface area (Å²) in [6.45, 7) is 3.15. The van der Waals surface area contributed by atoms with Crippen molar-refractivity contribution in [3.05, 3.63) is 42.2 Å². The number of nitrogens with one attached hydrogen (secondary N) is 2. The van der Waals surface area contributed by atoms with E-state index in [9.17, 15) is 9.59 Å². The number of Topliss-reactive ketones (excluding diaryl/α,β-unsaturated/α-hetero) is 1. The Bertz CT molecular complexity index is 755. The molecule has 7 heteroatoms. The van der Waals surface area contributed by atoms with Gasteiger partial charge in [0, 0.05) is 43.6 Å². The lowest BCUT2D eigenvalue weighted by molar-refractivity contribution is 0.101. The van der Waals surface area contributed by atoms with Gasteiger partial charge in [-0.05, 0) is 25.5 Å². The molecule has 1 atom stereocenters. The molecule has 0 saturated carbocycles. The van der Waals surface area contributed by atoms with Crippen LogP contribution in [0.25, 0.3) is 0 Å². The number of rotatable bonds is 4. The first kappa shape index (κ1) is 16.0. The van der Waals surface area contributed by atoms with E-state index in [2.05, 4.69) is 20.6 Å².